The average molecular weight is 509 g/mol. The number of nitrogens with zero attached hydrogens (tertiary/aromatic N) is 1. The van der Waals surface area contributed by atoms with E-state index in [1.165, 1.54) is 6.07 Å². The van der Waals surface area contributed by atoms with Gasteiger partial charge in [0.05, 0.1) is 5.56 Å². The third kappa shape index (κ3) is 6.83. The first-order chi connectivity index (χ1) is 17.8. The summed E-state index contributed by atoms with van der Waals surface area (Å²) in [7, 11) is 0. The second-order valence-corrected chi connectivity index (χ2v) is 10.7. The maximum Gasteiger partial charge on any atom is 0.328 e. The average Bonchev–Trinajstić information content (AvgIpc) is 3.40. The molecule has 2 aliphatic rings. The monoisotopic (exact) mass is 508 g/mol. The second kappa shape index (κ2) is 12.5. The van der Waals surface area contributed by atoms with Crippen molar-refractivity contribution >= 4 is 11.9 Å². The van der Waals surface area contributed by atoms with Crippen LogP contribution in [0.1, 0.15) is 92.2 Å². The third-order valence-corrected chi connectivity index (χ3v) is 7.75. The highest BCUT2D eigenvalue weighted by Crippen LogP contribution is 2.33. The number of aromatic hydroxyl groups is 2. The van der Waals surface area contributed by atoms with E-state index < -0.39 is 6.04 Å². The zero-order chi connectivity index (χ0) is 26.4. The van der Waals surface area contributed by atoms with E-state index in [9.17, 15) is 19.8 Å². The van der Waals surface area contributed by atoms with E-state index in [0.717, 1.165) is 50.5 Å². The number of piperidine rings is 1. The molecular formula is C30H40N2O5. The van der Waals surface area contributed by atoms with Crippen molar-refractivity contribution in [2.75, 3.05) is 19.6 Å². The summed E-state index contributed by atoms with van der Waals surface area (Å²) < 4.78 is 5.81. The predicted octanol–water partition coefficient (Wildman–Crippen LogP) is 5.28. The van der Waals surface area contributed by atoms with E-state index in [1.54, 1.807) is 11.0 Å². The van der Waals surface area contributed by atoms with Gasteiger partial charge < -0.3 is 25.2 Å². The summed E-state index contributed by atoms with van der Waals surface area (Å²) in [5.74, 6) is -0.0902. The maximum atomic E-state index is 13.1. The molecule has 1 aliphatic carbocycles. The Kier molecular flexibility index (Phi) is 9.09. The lowest BCUT2D eigenvalue weighted by atomic mass is 9.92. The summed E-state index contributed by atoms with van der Waals surface area (Å²) >= 11 is 0. The summed E-state index contributed by atoms with van der Waals surface area (Å²) in [5.41, 5.74) is 1.81. The topological polar surface area (TPSA) is 99.1 Å². The van der Waals surface area contributed by atoms with Crippen LogP contribution in [0.3, 0.4) is 0 Å². The number of hydrogen-bond donors (Lipinski definition) is 3. The van der Waals surface area contributed by atoms with Gasteiger partial charge in [0.1, 0.15) is 23.6 Å². The number of esters is 1. The zero-order valence-corrected chi connectivity index (χ0v) is 22.0. The van der Waals surface area contributed by atoms with E-state index in [0.29, 0.717) is 31.1 Å². The smallest absolute Gasteiger partial charge is 0.328 e. The van der Waals surface area contributed by atoms with Crippen LogP contribution in [-0.4, -0.2) is 52.7 Å². The number of amides is 1. The van der Waals surface area contributed by atoms with Crippen molar-refractivity contribution in [1.29, 1.82) is 0 Å². The Bertz CT molecular complexity index is 1060. The van der Waals surface area contributed by atoms with Crippen molar-refractivity contribution in [2.45, 2.75) is 76.9 Å². The van der Waals surface area contributed by atoms with Crippen molar-refractivity contribution in [3.05, 3.63) is 59.2 Å². The number of carbonyl (C=O) groups is 2. The molecule has 0 unspecified atom stereocenters. The Morgan fingerprint density at radius 1 is 1.00 bits per heavy atom. The van der Waals surface area contributed by atoms with E-state index in [4.69, 9.17) is 4.74 Å². The molecule has 200 valence electrons. The molecule has 37 heavy (non-hydrogen) atoms. The van der Waals surface area contributed by atoms with E-state index in [1.807, 2.05) is 44.2 Å². The summed E-state index contributed by atoms with van der Waals surface area (Å²) in [5, 5.41) is 23.8. The number of likely N-dealkylation sites (tertiary alicyclic amines) is 1. The molecule has 1 heterocycles. The van der Waals surface area contributed by atoms with Crippen molar-refractivity contribution in [1.82, 2.24) is 10.2 Å². The van der Waals surface area contributed by atoms with Gasteiger partial charge >= 0.3 is 5.97 Å². The summed E-state index contributed by atoms with van der Waals surface area (Å²) in [6.07, 6.45) is 6.81. The standard InChI is InChI=1S/C30H40N2O5/c1-20(2)24-18-25(27(34)19-26(24)33)29(35)32-16-13-21(14-17-32)12-15-31-28(22-8-4-3-5-9-22)30(36)37-23-10-6-7-11-23/h3-5,8-9,18-21,23,28,31,33-34H,6-7,10-17H2,1-2H3/t28-/m0/s1. The van der Waals surface area contributed by atoms with Gasteiger partial charge in [-0.05, 0) is 80.5 Å². The van der Waals surface area contributed by atoms with Gasteiger partial charge in [-0.2, -0.15) is 0 Å². The minimum atomic E-state index is -0.476. The van der Waals surface area contributed by atoms with Crippen LogP contribution >= 0.6 is 0 Å². The number of hydrogen-bond acceptors (Lipinski definition) is 6. The van der Waals surface area contributed by atoms with Gasteiger partial charge in [-0.1, -0.05) is 44.2 Å². The van der Waals surface area contributed by atoms with Crippen LogP contribution in [0.15, 0.2) is 42.5 Å². The Hall–Kier alpha value is -3.06. The van der Waals surface area contributed by atoms with Crippen molar-refractivity contribution in [3.8, 4) is 11.5 Å². The van der Waals surface area contributed by atoms with Crippen molar-refractivity contribution < 1.29 is 24.5 Å². The predicted molar refractivity (Wildman–Crippen MR) is 143 cm³/mol. The lowest BCUT2D eigenvalue weighted by molar-refractivity contribution is -0.151. The molecule has 2 fully saturated rings. The van der Waals surface area contributed by atoms with Crippen molar-refractivity contribution in [2.24, 2.45) is 5.92 Å². The molecule has 0 radical (unpaired) electrons. The maximum absolute atomic E-state index is 13.1. The van der Waals surface area contributed by atoms with Crippen LogP contribution < -0.4 is 5.32 Å². The number of nitrogens with one attached hydrogen (secondary N) is 1. The minimum absolute atomic E-state index is 0.0104. The molecule has 2 aromatic rings. The first-order valence-corrected chi connectivity index (χ1v) is 13.7. The lowest BCUT2D eigenvalue weighted by Gasteiger charge is -2.32. The first kappa shape index (κ1) is 27.0. The molecule has 4 rings (SSSR count). The van der Waals surface area contributed by atoms with E-state index in [-0.39, 0.29) is 41.0 Å². The van der Waals surface area contributed by atoms with Gasteiger partial charge in [0.2, 0.25) is 0 Å². The van der Waals surface area contributed by atoms with Crippen molar-refractivity contribution in [3.63, 3.8) is 0 Å². The molecule has 2 aromatic carbocycles. The normalized spacial score (nSPS) is 17.8. The van der Waals surface area contributed by atoms with Gasteiger partial charge in [-0.3, -0.25) is 4.79 Å². The number of phenols is 2. The van der Waals surface area contributed by atoms with Gasteiger partial charge in [-0.15, -0.1) is 0 Å². The molecule has 7 heteroatoms. The Balaban J connectivity index is 1.29. The van der Waals surface area contributed by atoms with Crippen LogP contribution in [-0.2, 0) is 9.53 Å². The minimum Gasteiger partial charge on any atom is -0.508 e. The fraction of sp³-hybridized carbons (Fsp3) is 0.533. The number of rotatable bonds is 9. The fourth-order valence-corrected chi connectivity index (χ4v) is 5.48. The largest absolute Gasteiger partial charge is 0.508 e. The van der Waals surface area contributed by atoms with Gasteiger partial charge in [0.15, 0.2) is 0 Å². The molecule has 3 N–H and O–H groups in total. The highest BCUT2D eigenvalue weighted by molar-refractivity contribution is 5.97. The first-order valence-electron chi connectivity index (χ1n) is 13.7. The number of phenolic OH excluding ortho intramolecular Hbond substituents is 2. The van der Waals surface area contributed by atoms with Crippen LogP contribution in [0, 0.1) is 5.92 Å². The van der Waals surface area contributed by atoms with Crippen LogP contribution in [0.25, 0.3) is 0 Å². The molecule has 1 atom stereocenters. The quantitative estimate of drug-likeness (QED) is 0.399. The summed E-state index contributed by atoms with van der Waals surface area (Å²) in [6.45, 7) is 5.81. The molecule has 7 nitrogen and oxygen atoms in total. The second-order valence-electron chi connectivity index (χ2n) is 10.7. The fourth-order valence-electron chi connectivity index (χ4n) is 5.48. The van der Waals surface area contributed by atoms with Crippen LogP contribution in [0.5, 0.6) is 11.5 Å². The Morgan fingerprint density at radius 3 is 2.32 bits per heavy atom. The number of ether oxygens (including phenoxy) is 1. The van der Waals surface area contributed by atoms with E-state index >= 15 is 0 Å². The SMILES string of the molecule is CC(C)c1cc(C(=O)N2CCC(CCN[C@H](C(=O)OC3CCCC3)c3ccccc3)CC2)c(O)cc1O. The molecule has 0 spiro atoms. The lowest BCUT2D eigenvalue weighted by Crippen LogP contribution is -2.39. The van der Waals surface area contributed by atoms with Gasteiger partial charge in [-0.25, -0.2) is 4.79 Å². The summed E-state index contributed by atoms with van der Waals surface area (Å²) in [6, 6.07) is 12.1. The highest BCUT2D eigenvalue weighted by atomic mass is 16.5. The van der Waals surface area contributed by atoms with Crippen LogP contribution in [0.4, 0.5) is 0 Å². The Morgan fingerprint density at radius 2 is 1.68 bits per heavy atom. The summed E-state index contributed by atoms with van der Waals surface area (Å²) in [4.78, 5) is 27.9. The van der Waals surface area contributed by atoms with Gasteiger partial charge in [0, 0.05) is 19.2 Å². The highest BCUT2D eigenvalue weighted by Gasteiger charge is 2.29. The van der Waals surface area contributed by atoms with E-state index in [2.05, 4.69) is 5.32 Å². The molecule has 1 aliphatic heterocycles. The molecular weight excluding hydrogens is 468 g/mol. The number of carbonyl (C=O) groups excluding carboxylic acids is 2. The zero-order valence-electron chi connectivity index (χ0n) is 22.0. The van der Waals surface area contributed by atoms with Gasteiger partial charge in [0.25, 0.3) is 5.91 Å². The van der Waals surface area contributed by atoms with Crippen LogP contribution in [0.2, 0.25) is 0 Å². The molecule has 0 aromatic heterocycles. The Labute approximate surface area is 219 Å². The molecule has 1 saturated heterocycles. The molecule has 0 bridgehead atoms. The molecule has 1 saturated carbocycles. The molecule has 1 amide bonds. The number of benzene rings is 2. The third-order valence-electron chi connectivity index (χ3n) is 7.75.